The van der Waals surface area contributed by atoms with Gasteiger partial charge >= 0.3 is 0 Å². The molecular weight excluding hydrogens is 272 g/mol. The molecule has 1 aromatic rings. The highest BCUT2D eigenvalue weighted by Crippen LogP contribution is 2.17. The van der Waals surface area contributed by atoms with Crippen molar-refractivity contribution in [1.29, 1.82) is 0 Å². The van der Waals surface area contributed by atoms with Crippen molar-refractivity contribution in [2.24, 2.45) is 0 Å². The largest absolute Gasteiger partial charge is 0.375 e. The number of hydrogen-bond donors (Lipinski definition) is 1. The van der Waals surface area contributed by atoms with Gasteiger partial charge in [-0.25, -0.2) is 17.7 Å². The fraction of sp³-hybridized carbons (Fsp3) is 0.700. The summed E-state index contributed by atoms with van der Waals surface area (Å²) in [7, 11) is -3.06. The quantitative estimate of drug-likeness (QED) is 0.860. The van der Waals surface area contributed by atoms with Gasteiger partial charge in [-0.15, -0.1) is 11.3 Å². The van der Waals surface area contributed by atoms with E-state index < -0.39 is 10.0 Å². The van der Waals surface area contributed by atoms with E-state index in [0.29, 0.717) is 18.2 Å². The molecule has 1 fully saturated rings. The molecule has 102 valence electrons. The Morgan fingerprint density at radius 2 is 2.17 bits per heavy atom. The molecule has 2 N–H and O–H groups in total. The third-order valence-electron chi connectivity index (χ3n) is 2.97. The van der Waals surface area contributed by atoms with E-state index in [1.54, 1.807) is 10.5 Å². The minimum atomic E-state index is -3.06. The van der Waals surface area contributed by atoms with Crippen molar-refractivity contribution in [2.45, 2.75) is 13.0 Å². The van der Waals surface area contributed by atoms with Gasteiger partial charge in [0.1, 0.15) is 0 Å². The van der Waals surface area contributed by atoms with E-state index in [1.165, 1.54) is 17.6 Å². The van der Waals surface area contributed by atoms with E-state index in [2.05, 4.69) is 9.88 Å². The van der Waals surface area contributed by atoms with Gasteiger partial charge in [0.2, 0.25) is 10.0 Å². The van der Waals surface area contributed by atoms with Crippen molar-refractivity contribution in [2.75, 3.05) is 38.2 Å². The van der Waals surface area contributed by atoms with Crippen molar-refractivity contribution in [3.8, 4) is 0 Å². The lowest BCUT2D eigenvalue weighted by Gasteiger charge is -2.19. The minimum absolute atomic E-state index is 0.563. The molecule has 0 aliphatic carbocycles. The van der Waals surface area contributed by atoms with Crippen LogP contribution in [0.2, 0.25) is 0 Å². The molecule has 1 saturated heterocycles. The van der Waals surface area contributed by atoms with Gasteiger partial charge in [-0.05, 0) is 13.0 Å². The summed E-state index contributed by atoms with van der Waals surface area (Å²) in [5.74, 6) is 0. The maximum Gasteiger partial charge on any atom is 0.211 e. The number of aromatic nitrogens is 1. The lowest BCUT2D eigenvalue weighted by molar-refractivity contribution is 0.281. The van der Waals surface area contributed by atoms with E-state index in [-0.39, 0.29) is 0 Å². The fourth-order valence-corrected chi connectivity index (χ4v) is 3.65. The Labute approximate surface area is 111 Å². The van der Waals surface area contributed by atoms with Crippen molar-refractivity contribution in [3.05, 3.63) is 11.1 Å². The molecule has 6 nitrogen and oxygen atoms in total. The first-order valence-electron chi connectivity index (χ1n) is 5.83. The molecule has 8 heteroatoms. The van der Waals surface area contributed by atoms with Gasteiger partial charge in [-0.1, -0.05) is 0 Å². The Balaban J connectivity index is 1.93. The van der Waals surface area contributed by atoms with Crippen LogP contribution in [0, 0.1) is 0 Å². The molecule has 0 spiro atoms. The summed E-state index contributed by atoms with van der Waals surface area (Å²) >= 11 is 1.49. The highest BCUT2D eigenvalue weighted by Gasteiger charge is 2.21. The molecule has 2 rings (SSSR count). The molecule has 1 aromatic heterocycles. The smallest absolute Gasteiger partial charge is 0.211 e. The summed E-state index contributed by atoms with van der Waals surface area (Å²) in [5, 5.41) is 0.581. The Morgan fingerprint density at radius 3 is 2.78 bits per heavy atom. The highest BCUT2D eigenvalue weighted by atomic mass is 32.2. The molecule has 18 heavy (non-hydrogen) atoms. The van der Waals surface area contributed by atoms with Gasteiger partial charge in [0, 0.05) is 37.3 Å². The molecule has 0 bridgehead atoms. The average Bonchev–Trinajstić information content (AvgIpc) is 2.53. The van der Waals surface area contributed by atoms with Crippen molar-refractivity contribution < 1.29 is 8.42 Å². The summed E-state index contributed by atoms with van der Waals surface area (Å²) in [6, 6.07) is 0. The normalized spacial score (nSPS) is 19.8. The fourth-order valence-electron chi connectivity index (χ4n) is 2.05. The van der Waals surface area contributed by atoms with Gasteiger partial charge in [0.15, 0.2) is 5.13 Å². The number of thiazole rings is 1. The number of rotatable bonds is 3. The average molecular weight is 290 g/mol. The Bertz CT molecular complexity index is 500. The summed E-state index contributed by atoms with van der Waals surface area (Å²) in [5.41, 5.74) is 5.60. The molecule has 0 amide bonds. The van der Waals surface area contributed by atoms with E-state index >= 15 is 0 Å². The second-order valence-electron chi connectivity index (χ2n) is 4.46. The third-order valence-corrected chi connectivity index (χ3v) is 5.08. The molecule has 1 aliphatic rings. The topological polar surface area (TPSA) is 79.5 Å². The maximum atomic E-state index is 11.5. The van der Waals surface area contributed by atoms with Gasteiger partial charge in [0.05, 0.1) is 6.26 Å². The van der Waals surface area contributed by atoms with Crippen LogP contribution in [0.4, 0.5) is 5.13 Å². The molecule has 0 radical (unpaired) electrons. The predicted octanol–water partition coefficient (Wildman–Crippen LogP) is 0.193. The molecule has 0 unspecified atom stereocenters. The first-order valence-corrected chi connectivity index (χ1v) is 8.49. The first-order chi connectivity index (χ1) is 8.45. The van der Waals surface area contributed by atoms with E-state index in [9.17, 15) is 8.42 Å². The number of nitrogens with zero attached hydrogens (tertiary/aromatic N) is 3. The van der Waals surface area contributed by atoms with Crippen molar-refractivity contribution >= 4 is 26.5 Å². The summed E-state index contributed by atoms with van der Waals surface area (Å²) < 4.78 is 24.5. The lowest BCUT2D eigenvalue weighted by atomic mass is 10.4. The zero-order chi connectivity index (χ0) is 13.2. The number of hydrogen-bond acceptors (Lipinski definition) is 6. The van der Waals surface area contributed by atoms with Crippen molar-refractivity contribution in [1.82, 2.24) is 14.2 Å². The first kappa shape index (κ1) is 13.7. The molecule has 0 saturated carbocycles. The number of anilines is 1. The Morgan fingerprint density at radius 1 is 1.39 bits per heavy atom. The van der Waals surface area contributed by atoms with Gasteiger partial charge in [-0.3, -0.25) is 4.90 Å². The predicted molar refractivity (Wildman–Crippen MR) is 72.8 cm³/mol. The second-order valence-corrected chi connectivity index (χ2v) is 7.59. The molecule has 0 aromatic carbocycles. The van der Waals surface area contributed by atoms with Gasteiger partial charge in [0.25, 0.3) is 0 Å². The monoisotopic (exact) mass is 290 g/mol. The van der Waals surface area contributed by atoms with E-state index in [0.717, 1.165) is 30.9 Å². The molecule has 2 heterocycles. The van der Waals surface area contributed by atoms with Gasteiger partial charge in [-0.2, -0.15) is 0 Å². The van der Waals surface area contributed by atoms with Gasteiger partial charge < -0.3 is 5.73 Å². The van der Waals surface area contributed by atoms with Crippen LogP contribution in [0.3, 0.4) is 0 Å². The van der Waals surface area contributed by atoms with Crippen LogP contribution in [0.25, 0.3) is 0 Å². The van der Waals surface area contributed by atoms with Crippen LogP contribution in [-0.2, 0) is 16.6 Å². The Kier molecular flexibility index (Phi) is 4.21. The zero-order valence-corrected chi connectivity index (χ0v) is 12.0. The van der Waals surface area contributed by atoms with Crippen LogP contribution in [0.15, 0.2) is 6.20 Å². The van der Waals surface area contributed by atoms with E-state index in [4.69, 9.17) is 5.73 Å². The minimum Gasteiger partial charge on any atom is -0.375 e. The van der Waals surface area contributed by atoms with Crippen molar-refractivity contribution in [3.63, 3.8) is 0 Å². The van der Waals surface area contributed by atoms with Crippen LogP contribution >= 0.6 is 11.3 Å². The molecular formula is C10H18N4O2S2. The number of sulfonamides is 1. The maximum absolute atomic E-state index is 11.5. The van der Waals surface area contributed by atoms with Crippen LogP contribution in [0.5, 0.6) is 0 Å². The highest BCUT2D eigenvalue weighted by molar-refractivity contribution is 7.88. The van der Waals surface area contributed by atoms with Crippen LogP contribution < -0.4 is 5.73 Å². The number of nitrogens with two attached hydrogens (primary N) is 1. The lowest BCUT2D eigenvalue weighted by Crippen LogP contribution is -2.34. The molecule has 1 aliphatic heterocycles. The third kappa shape index (κ3) is 3.64. The zero-order valence-electron chi connectivity index (χ0n) is 10.4. The summed E-state index contributed by atoms with van der Waals surface area (Å²) in [6.45, 7) is 3.63. The van der Waals surface area contributed by atoms with E-state index in [1.807, 2.05) is 0 Å². The summed E-state index contributed by atoms with van der Waals surface area (Å²) in [6.07, 6.45) is 3.92. The standard InChI is InChI=1S/C10H18N4O2S2/c1-18(15,16)14-4-2-3-13(5-6-14)8-9-7-12-10(11)17-9/h7H,2-6,8H2,1H3,(H2,11,12). The second kappa shape index (κ2) is 5.52. The SMILES string of the molecule is CS(=O)(=O)N1CCCN(Cc2cnc(N)s2)CC1. The Hall–Kier alpha value is -0.700. The van der Waals surface area contributed by atoms with Crippen LogP contribution in [-0.4, -0.2) is 55.0 Å². The van der Waals surface area contributed by atoms with Crippen LogP contribution in [0.1, 0.15) is 11.3 Å². The number of nitrogen functional groups attached to an aromatic ring is 1. The summed E-state index contributed by atoms with van der Waals surface area (Å²) in [4.78, 5) is 7.40. The molecule has 0 atom stereocenters.